The van der Waals surface area contributed by atoms with Crippen LogP contribution in [0.25, 0.3) is 0 Å². The summed E-state index contributed by atoms with van der Waals surface area (Å²) in [5.74, 6) is -0.0917. The van der Waals surface area contributed by atoms with Gasteiger partial charge < -0.3 is 14.6 Å². The van der Waals surface area contributed by atoms with Crippen LogP contribution >= 0.6 is 0 Å². The van der Waals surface area contributed by atoms with Gasteiger partial charge in [-0.2, -0.15) is 0 Å². The Bertz CT molecular complexity index is 463. The molecule has 1 aromatic rings. The highest BCUT2D eigenvalue weighted by Crippen LogP contribution is 2.35. The summed E-state index contributed by atoms with van der Waals surface area (Å²) < 4.78 is 10.5. The molecule has 104 valence electrons. The van der Waals surface area contributed by atoms with Crippen LogP contribution in [0, 0.1) is 5.92 Å². The number of carbonyl (C=O) groups is 1. The molecule has 0 amide bonds. The second-order valence-corrected chi connectivity index (χ2v) is 5.27. The minimum Gasteiger partial charge on any atom is -0.496 e. The number of hydrogen-bond acceptors (Lipinski definition) is 3. The van der Waals surface area contributed by atoms with Gasteiger partial charge in [0.1, 0.15) is 5.75 Å². The Morgan fingerprint density at radius 1 is 1.42 bits per heavy atom. The largest absolute Gasteiger partial charge is 0.496 e. The number of carboxylic acids is 1. The Kier molecular flexibility index (Phi) is 4.10. The van der Waals surface area contributed by atoms with Gasteiger partial charge in [0.25, 0.3) is 0 Å². The summed E-state index contributed by atoms with van der Waals surface area (Å²) in [4.78, 5) is 11.5. The maximum absolute atomic E-state index is 11.5. The smallest absolute Gasteiger partial charge is 0.311 e. The summed E-state index contributed by atoms with van der Waals surface area (Å²) in [7, 11) is 1.63. The van der Waals surface area contributed by atoms with E-state index in [1.807, 2.05) is 18.2 Å². The van der Waals surface area contributed by atoms with Crippen LogP contribution in [0.15, 0.2) is 18.2 Å². The highest BCUT2D eigenvalue weighted by atomic mass is 16.5. The zero-order chi connectivity index (χ0) is 14.0. The number of rotatable bonds is 5. The summed E-state index contributed by atoms with van der Waals surface area (Å²) in [6.07, 6.45) is 0. The summed E-state index contributed by atoms with van der Waals surface area (Å²) in [5.41, 5.74) is 1.89. The predicted molar refractivity (Wildman–Crippen MR) is 71.8 cm³/mol. The van der Waals surface area contributed by atoms with Gasteiger partial charge in [0, 0.05) is 5.92 Å². The third-order valence-electron chi connectivity index (χ3n) is 3.64. The molecule has 0 aliphatic carbocycles. The van der Waals surface area contributed by atoms with E-state index in [0.29, 0.717) is 19.1 Å². The molecule has 1 saturated heterocycles. The number of aliphatic carboxylic acids is 1. The lowest BCUT2D eigenvalue weighted by Gasteiger charge is -2.32. The first-order valence-electron chi connectivity index (χ1n) is 6.53. The fourth-order valence-corrected chi connectivity index (χ4v) is 2.46. The van der Waals surface area contributed by atoms with Gasteiger partial charge in [-0.3, -0.25) is 4.79 Å². The maximum atomic E-state index is 11.5. The Labute approximate surface area is 113 Å². The maximum Gasteiger partial charge on any atom is 0.311 e. The van der Waals surface area contributed by atoms with Gasteiger partial charge in [0.05, 0.1) is 26.2 Å². The number of carboxylic acid groups (broad SMARTS) is 1. The summed E-state index contributed by atoms with van der Waals surface area (Å²) in [5, 5.41) is 9.43. The van der Waals surface area contributed by atoms with Gasteiger partial charge in [0.15, 0.2) is 0 Å². The molecule has 0 bridgehead atoms. The minimum atomic E-state index is -0.784. The van der Waals surface area contributed by atoms with Crippen molar-refractivity contribution in [2.24, 2.45) is 5.92 Å². The van der Waals surface area contributed by atoms with Crippen molar-refractivity contribution < 1.29 is 19.4 Å². The van der Waals surface area contributed by atoms with Gasteiger partial charge in [0.2, 0.25) is 0 Å². The normalized spacial score (nSPS) is 17.1. The number of hydrogen-bond donors (Lipinski definition) is 1. The van der Waals surface area contributed by atoms with E-state index in [9.17, 15) is 9.90 Å². The summed E-state index contributed by atoms with van der Waals surface area (Å²) >= 11 is 0. The van der Waals surface area contributed by atoms with E-state index >= 15 is 0 Å². The fraction of sp³-hybridized carbons (Fsp3) is 0.533. The molecule has 2 rings (SSSR count). The predicted octanol–water partition coefficient (Wildman–Crippen LogP) is 2.63. The molecule has 0 radical (unpaired) electrons. The van der Waals surface area contributed by atoms with Crippen LogP contribution < -0.4 is 4.74 Å². The van der Waals surface area contributed by atoms with Crippen molar-refractivity contribution >= 4 is 5.97 Å². The lowest BCUT2D eigenvalue weighted by Crippen LogP contribution is -2.36. The monoisotopic (exact) mass is 264 g/mol. The third-order valence-corrected chi connectivity index (χ3v) is 3.64. The number of ether oxygens (including phenoxy) is 2. The van der Waals surface area contributed by atoms with E-state index in [2.05, 4.69) is 13.8 Å². The van der Waals surface area contributed by atoms with Gasteiger partial charge in [-0.15, -0.1) is 0 Å². The van der Waals surface area contributed by atoms with E-state index in [1.54, 1.807) is 7.11 Å². The molecule has 1 aliphatic rings. The fourth-order valence-electron chi connectivity index (χ4n) is 2.46. The van der Waals surface area contributed by atoms with Crippen LogP contribution in [0.1, 0.15) is 36.8 Å². The van der Waals surface area contributed by atoms with Gasteiger partial charge in [-0.05, 0) is 23.1 Å². The first-order valence-corrected chi connectivity index (χ1v) is 6.53. The molecule has 0 spiro atoms. The molecule has 1 N–H and O–H groups in total. The van der Waals surface area contributed by atoms with Crippen molar-refractivity contribution in [3.63, 3.8) is 0 Å². The lowest BCUT2D eigenvalue weighted by atomic mass is 9.83. The van der Waals surface area contributed by atoms with Crippen LogP contribution in [0.3, 0.4) is 0 Å². The van der Waals surface area contributed by atoms with E-state index in [0.717, 1.165) is 16.9 Å². The van der Waals surface area contributed by atoms with E-state index in [1.165, 1.54) is 0 Å². The third kappa shape index (κ3) is 2.73. The molecule has 1 aliphatic heterocycles. The van der Waals surface area contributed by atoms with Gasteiger partial charge >= 0.3 is 5.97 Å². The Morgan fingerprint density at radius 3 is 2.53 bits per heavy atom. The quantitative estimate of drug-likeness (QED) is 0.888. The highest BCUT2D eigenvalue weighted by molar-refractivity contribution is 5.77. The van der Waals surface area contributed by atoms with Crippen LogP contribution in [0.4, 0.5) is 0 Å². The summed E-state index contributed by atoms with van der Waals surface area (Å²) in [6, 6.07) is 5.67. The van der Waals surface area contributed by atoms with Crippen LogP contribution in [-0.2, 0) is 9.53 Å². The Balaban J connectivity index is 2.37. The second-order valence-electron chi connectivity index (χ2n) is 5.27. The van der Waals surface area contributed by atoms with Crippen molar-refractivity contribution in [3.05, 3.63) is 29.3 Å². The SMILES string of the molecule is COc1ccc(C(C(=O)O)C2COC2)cc1C(C)C. The van der Waals surface area contributed by atoms with Crippen molar-refractivity contribution in [2.45, 2.75) is 25.7 Å². The molecule has 4 heteroatoms. The summed E-state index contributed by atoms with van der Waals surface area (Å²) in [6.45, 7) is 5.20. The average molecular weight is 264 g/mol. The topological polar surface area (TPSA) is 55.8 Å². The zero-order valence-corrected chi connectivity index (χ0v) is 11.6. The molecule has 19 heavy (non-hydrogen) atoms. The number of benzene rings is 1. The molecule has 0 aromatic heterocycles. The van der Waals surface area contributed by atoms with E-state index in [4.69, 9.17) is 9.47 Å². The molecule has 1 unspecified atom stereocenters. The second kappa shape index (κ2) is 5.61. The van der Waals surface area contributed by atoms with Gasteiger partial charge in [-0.1, -0.05) is 26.0 Å². The Morgan fingerprint density at radius 2 is 2.11 bits per heavy atom. The van der Waals surface area contributed by atoms with Crippen LogP contribution in [-0.4, -0.2) is 31.4 Å². The molecule has 1 heterocycles. The first-order chi connectivity index (χ1) is 9.04. The van der Waals surface area contributed by atoms with Crippen LogP contribution in [0.2, 0.25) is 0 Å². The first kappa shape index (κ1) is 13.9. The highest BCUT2D eigenvalue weighted by Gasteiger charge is 2.35. The minimum absolute atomic E-state index is 0.0749. The van der Waals surface area contributed by atoms with Crippen molar-refractivity contribution in [1.29, 1.82) is 0 Å². The molecule has 4 nitrogen and oxygen atoms in total. The van der Waals surface area contributed by atoms with Gasteiger partial charge in [-0.25, -0.2) is 0 Å². The van der Waals surface area contributed by atoms with Crippen LogP contribution in [0.5, 0.6) is 5.75 Å². The van der Waals surface area contributed by atoms with Crippen molar-refractivity contribution in [3.8, 4) is 5.75 Å². The molecular weight excluding hydrogens is 244 g/mol. The Hall–Kier alpha value is -1.55. The van der Waals surface area contributed by atoms with E-state index < -0.39 is 11.9 Å². The van der Waals surface area contributed by atoms with Crippen molar-refractivity contribution in [2.75, 3.05) is 20.3 Å². The molecule has 1 aromatic carbocycles. The lowest BCUT2D eigenvalue weighted by molar-refractivity contribution is -0.146. The molecule has 0 saturated carbocycles. The zero-order valence-electron chi connectivity index (χ0n) is 11.6. The molecule has 1 atom stereocenters. The van der Waals surface area contributed by atoms with E-state index in [-0.39, 0.29) is 5.92 Å². The molecule has 1 fully saturated rings. The average Bonchev–Trinajstić information content (AvgIpc) is 2.32. The standard InChI is InChI=1S/C15H20O4/c1-9(2)12-6-10(4-5-13(12)18-3)14(15(16)17)11-7-19-8-11/h4-6,9,11,14H,7-8H2,1-3H3,(H,16,17). The number of methoxy groups -OCH3 is 1. The molecular formula is C15H20O4. The van der Waals surface area contributed by atoms with Crippen molar-refractivity contribution in [1.82, 2.24) is 0 Å².